The molecule has 0 aliphatic heterocycles. The molecule has 11 heteroatoms. The first-order valence-electron chi connectivity index (χ1n) is 9.89. The van der Waals surface area contributed by atoms with E-state index >= 15 is 0 Å². The number of hydrogen-bond acceptors (Lipinski definition) is 9. The van der Waals surface area contributed by atoms with Gasteiger partial charge in [0, 0.05) is 18.7 Å². The Labute approximate surface area is 183 Å². The summed E-state index contributed by atoms with van der Waals surface area (Å²) in [5, 5.41) is 31.0. The summed E-state index contributed by atoms with van der Waals surface area (Å²) in [6, 6.07) is 4.26. The van der Waals surface area contributed by atoms with Crippen LogP contribution in [0.25, 0.3) is 22.6 Å². The number of primary amides is 1. The summed E-state index contributed by atoms with van der Waals surface area (Å²) in [6.45, 7) is 5.53. The van der Waals surface area contributed by atoms with Crippen LogP contribution in [-0.2, 0) is 16.1 Å². The summed E-state index contributed by atoms with van der Waals surface area (Å²) in [5.41, 5.74) is 6.27. The number of rotatable bonds is 9. The number of aromatic hydroxyl groups is 2. The zero-order valence-electron chi connectivity index (χ0n) is 17.8. The van der Waals surface area contributed by atoms with Gasteiger partial charge in [0.15, 0.2) is 17.2 Å². The molecule has 0 spiro atoms. The highest BCUT2D eigenvalue weighted by Gasteiger charge is 2.29. The second kappa shape index (κ2) is 9.52. The van der Waals surface area contributed by atoms with Crippen LogP contribution in [0.1, 0.15) is 48.4 Å². The van der Waals surface area contributed by atoms with Gasteiger partial charge in [0.25, 0.3) is 5.91 Å². The molecule has 2 heterocycles. The number of carbonyl (C=O) groups excluding carboxylic acids is 2. The molecule has 3 rings (SSSR count). The first kappa shape index (κ1) is 22.8. The van der Waals surface area contributed by atoms with Crippen LogP contribution in [0.2, 0.25) is 0 Å². The van der Waals surface area contributed by atoms with Crippen LogP contribution in [0.3, 0.4) is 0 Å². The zero-order chi connectivity index (χ0) is 23.4. The molecular formula is C21H24N4O7. The number of nitrogens with two attached hydrogens (primary N) is 1. The van der Waals surface area contributed by atoms with Gasteiger partial charge in [-0.15, -0.1) is 0 Å². The molecule has 2 aromatic heterocycles. The first-order chi connectivity index (χ1) is 15.2. The molecule has 0 saturated heterocycles. The zero-order valence-corrected chi connectivity index (χ0v) is 17.8. The van der Waals surface area contributed by atoms with E-state index in [1.54, 1.807) is 13.0 Å². The number of phenolic OH excluding ortho intramolecular Hbond substituents is 2. The maximum Gasteiger partial charge on any atom is 0.274 e. The first-order valence-corrected chi connectivity index (χ1v) is 9.89. The molecule has 3 aromatic rings. The smallest absolute Gasteiger partial charge is 0.274 e. The van der Waals surface area contributed by atoms with E-state index in [1.165, 1.54) is 12.1 Å². The molecule has 0 bridgehead atoms. The molecule has 0 aliphatic carbocycles. The lowest BCUT2D eigenvalue weighted by Crippen LogP contribution is -2.23. The molecule has 170 valence electrons. The second-order valence-corrected chi connectivity index (χ2v) is 7.32. The Balaban J connectivity index is 2.10. The van der Waals surface area contributed by atoms with Gasteiger partial charge in [0.2, 0.25) is 5.91 Å². The average Bonchev–Trinajstić information content (AvgIpc) is 3.34. The van der Waals surface area contributed by atoms with Crippen LogP contribution in [-0.4, -0.2) is 45.5 Å². The van der Waals surface area contributed by atoms with Gasteiger partial charge < -0.3 is 35.0 Å². The molecule has 0 radical (unpaired) electrons. The summed E-state index contributed by atoms with van der Waals surface area (Å²) in [5.74, 6) is -1.33. The Morgan fingerprint density at radius 1 is 1.16 bits per heavy atom. The number of carbonyl (C=O) groups is 2. The number of hydrogen-bond donors (Lipinski definition) is 4. The normalized spacial score (nSPS) is 11.1. The number of amides is 2. The van der Waals surface area contributed by atoms with Crippen LogP contribution in [0.15, 0.2) is 27.2 Å². The van der Waals surface area contributed by atoms with Crippen molar-refractivity contribution in [3.8, 4) is 34.1 Å². The minimum absolute atomic E-state index is 0.0501. The number of phenols is 2. The quantitative estimate of drug-likeness (QED) is 0.386. The highest BCUT2D eigenvalue weighted by atomic mass is 16.5. The maximum atomic E-state index is 12.6. The molecule has 0 atom stereocenters. The summed E-state index contributed by atoms with van der Waals surface area (Å²) >= 11 is 0. The Bertz CT molecular complexity index is 1130. The third-order valence-corrected chi connectivity index (χ3v) is 4.56. The average molecular weight is 444 g/mol. The lowest BCUT2D eigenvalue weighted by Gasteiger charge is -2.11. The van der Waals surface area contributed by atoms with Crippen molar-refractivity contribution in [2.24, 2.45) is 5.73 Å². The predicted octanol–water partition coefficient (Wildman–Crippen LogP) is 2.28. The standard InChI is InChI=1S/C21H24N4O7/c1-4-23-21(29)19-18(16-5-11(24-31-16)8-30-9-17(22)28)20(32-25-19)13-6-12(10(2)3)14(26)7-15(13)27/h5-7,10,26-27H,4,8-9H2,1-3H3,(H2,22,28)(H,23,29). The van der Waals surface area contributed by atoms with E-state index in [2.05, 4.69) is 15.6 Å². The highest BCUT2D eigenvalue weighted by molar-refractivity contribution is 6.01. The minimum atomic E-state index is -0.627. The van der Waals surface area contributed by atoms with Crippen molar-refractivity contribution in [2.75, 3.05) is 13.2 Å². The molecule has 11 nitrogen and oxygen atoms in total. The Hall–Kier alpha value is -3.86. The van der Waals surface area contributed by atoms with Crippen molar-refractivity contribution in [3.63, 3.8) is 0 Å². The Morgan fingerprint density at radius 3 is 2.56 bits per heavy atom. The highest BCUT2D eigenvalue weighted by Crippen LogP contribution is 2.43. The molecule has 5 N–H and O–H groups in total. The summed E-state index contributed by atoms with van der Waals surface area (Å²) < 4.78 is 16.0. The summed E-state index contributed by atoms with van der Waals surface area (Å²) in [4.78, 5) is 23.4. The van der Waals surface area contributed by atoms with E-state index in [9.17, 15) is 19.8 Å². The fourth-order valence-corrected chi connectivity index (χ4v) is 3.09. The van der Waals surface area contributed by atoms with Crippen molar-refractivity contribution in [2.45, 2.75) is 33.3 Å². The predicted molar refractivity (Wildman–Crippen MR) is 112 cm³/mol. The van der Waals surface area contributed by atoms with Crippen LogP contribution in [0.4, 0.5) is 0 Å². The number of nitrogens with zero attached hydrogens (tertiary/aromatic N) is 2. The summed E-state index contributed by atoms with van der Waals surface area (Å²) in [6.07, 6.45) is 0. The second-order valence-electron chi connectivity index (χ2n) is 7.32. The van der Waals surface area contributed by atoms with E-state index in [-0.39, 0.29) is 59.0 Å². The number of ether oxygens (including phenoxy) is 1. The molecule has 0 aliphatic rings. The van der Waals surface area contributed by atoms with Crippen LogP contribution < -0.4 is 11.1 Å². The Kier molecular flexibility index (Phi) is 6.79. The van der Waals surface area contributed by atoms with E-state index in [0.717, 1.165) is 0 Å². The van der Waals surface area contributed by atoms with Crippen molar-refractivity contribution < 1.29 is 33.6 Å². The van der Waals surface area contributed by atoms with Gasteiger partial charge in [-0.25, -0.2) is 0 Å². The number of benzene rings is 1. The SMILES string of the molecule is CCNC(=O)c1noc(-c2cc(C(C)C)c(O)cc2O)c1-c1cc(COCC(N)=O)no1. The van der Waals surface area contributed by atoms with Gasteiger partial charge in [0.05, 0.1) is 12.2 Å². The fraction of sp³-hybridized carbons (Fsp3) is 0.333. The van der Waals surface area contributed by atoms with E-state index in [1.807, 2.05) is 13.8 Å². The van der Waals surface area contributed by atoms with Crippen LogP contribution >= 0.6 is 0 Å². The van der Waals surface area contributed by atoms with Gasteiger partial charge in [-0.1, -0.05) is 24.2 Å². The Morgan fingerprint density at radius 2 is 1.91 bits per heavy atom. The third kappa shape index (κ3) is 4.72. The largest absolute Gasteiger partial charge is 0.508 e. The van der Waals surface area contributed by atoms with Crippen molar-refractivity contribution in [1.82, 2.24) is 15.6 Å². The molecule has 0 saturated carbocycles. The molecule has 1 aromatic carbocycles. The van der Waals surface area contributed by atoms with Crippen molar-refractivity contribution in [3.05, 3.63) is 35.2 Å². The lowest BCUT2D eigenvalue weighted by atomic mass is 9.95. The van der Waals surface area contributed by atoms with Gasteiger partial charge in [-0.3, -0.25) is 9.59 Å². The van der Waals surface area contributed by atoms with Crippen molar-refractivity contribution >= 4 is 11.8 Å². The van der Waals surface area contributed by atoms with Crippen molar-refractivity contribution in [1.29, 1.82) is 0 Å². The monoisotopic (exact) mass is 444 g/mol. The third-order valence-electron chi connectivity index (χ3n) is 4.56. The molecule has 2 amide bonds. The van der Waals surface area contributed by atoms with Crippen LogP contribution in [0, 0.1) is 0 Å². The molecular weight excluding hydrogens is 420 g/mol. The van der Waals surface area contributed by atoms with Gasteiger partial charge in [-0.05, 0) is 24.5 Å². The van der Waals surface area contributed by atoms with Gasteiger partial charge in [-0.2, -0.15) is 0 Å². The lowest BCUT2D eigenvalue weighted by molar-refractivity contribution is -0.122. The van der Waals surface area contributed by atoms with Crippen LogP contribution in [0.5, 0.6) is 11.5 Å². The maximum absolute atomic E-state index is 12.6. The minimum Gasteiger partial charge on any atom is -0.508 e. The van der Waals surface area contributed by atoms with Gasteiger partial charge in [0.1, 0.15) is 29.4 Å². The number of nitrogens with one attached hydrogen (secondary N) is 1. The summed E-state index contributed by atoms with van der Waals surface area (Å²) in [7, 11) is 0. The van der Waals surface area contributed by atoms with Gasteiger partial charge >= 0.3 is 0 Å². The van der Waals surface area contributed by atoms with E-state index in [0.29, 0.717) is 17.8 Å². The van der Waals surface area contributed by atoms with E-state index in [4.69, 9.17) is 19.5 Å². The van der Waals surface area contributed by atoms with E-state index < -0.39 is 11.8 Å². The number of aromatic nitrogens is 2. The molecule has 32 heavy (non-hydrogen) atoms. The fourth-order valence-electron chi connectivity index (χ4n) is 3.09. The molecule has 0 unspecified atom stereocenters. The molecule has 0 fully saturated rings. The topological polar surface area (TPSA) is 174 Å².